The second kappa shape index (κ2) is 7.81. The van der Waals surface area contributed by atoms with Crippen LogP contribution in [0.5, 0.6) is 0 Å². The zero-order valence-electron chi connectivity index (χ0n) is 16.2. The minimum Gasteiger partial charge on any atom is -0.304 e. The fourth-order valence-corrected chi connectivity index (χ4v) is 3.90. The van der Waals surface area contributed by atoms with Gasteiger partial charge in [-0.05, 0) is 19.0 Å². The summed E-state index contributed by atoms with van der Waals surface area (Å²) in [7, 11) is 2.11. The summed E-state index contributed by atoms with van der Waals surface area (Å²) in [6.07, 6.45) is 0.809. The van der Waals surface area contributed by atoms with Gasteiger partial charge >= 0.3 is 0 Å². The van der Waals surface area contributed by atoms with Gasteiger partial charge in [0.25, 0.3) is 5.56 Å². The Morgan fingerprint density at radius 3 is 2.57 bits per heavy atom. The number of hydrogen-bond donors (Lipinski definition) is 1. The first-order chi connectivity index (χ1) is 13.6. The van der Waals surface area contributed by atoms with Crippen molar-refractivity contribution in [1.29, 1.82) is 0 Å². The first kappa shape index (κ1) is 18.8. The van der Waals surface area contributed by atoms with E-state index in [0.29, 0.717) is 12.4 Å². The molecular formula is C20H25FN6O. The van der Waals surface area contributed by atoms with Gasteiger partial charge in [0.15, 0.2) is 5.65 Å². The summed E-state index contributed by atoms with van der Waals surface area (Å²) >= 11 is 0. The lowest BCUT2D eigenvalue weighted by atomic mass is 10.1. The average Bonchev–Trinajstić information content (AvgIpc) is 3.08. The van der Waals surface area contributed by atoms with Gasteiger partial charge in [-0.3, -0.25) is 19.4 Å². The predicted octanol–water partition coefficient (Wildman–Crippen LogP) is 2.01. The van der Waals surface area contributed by atoms with E-state index in [-0.39, 0.29) is 22.6 Å². The minimum atomic E-state index is -0.728. The van der Waals surface area contributed by atoms with Crippen LogP contribution in [0.15, 0.2) is 35.1 Å². The molecule has 0 aliphatic carbocycles. The topological polar surface area (TPSA) is 70.0 Å². The monoisotopic (exact) mass is 384 g/mol. The van der Waals surface area contributed by atoms with Crippen LogP contribution >= 0.6 is 0 Å². The first-order valence-corrected chi connectivity index (χ1v) is 9.69. The number of aromatic nitrogens is 4. The summed E-state index contributed by atoms with van der Waals surface area (Å²) < 4.78 is 15.8. The summed E-state index contributed by atoms with van der Waals surface area (Å²) in [5.41, 5.74) is 0.737. The summed E-state index contributed by atoms with van der Waals surface area (Å²) in [4.78, 5) is 22.5. The highest BCUT2D eigenvalue weighted by Crippen LogP contribution is 2.25. The minimum absolute atomic E-state index is 0.0192. The molecule has 7 nitrogen and oxygen atoms in total. The van der Waals surface area contributed by atoms with E-state index in [1.165, 1.54) is 0 Å². The number of fused-ring (bicyclic) bond motifs is 1. The van der Waals surface area contributed by atoms with E-state index in [1.807, 2.05) is 30.3 Å². The molecule has 1 aliphatic heterocycles. The summed E-state index contributed by atoms with van der Waals surface area (Å²) in [5.74, 6) is -0.0755. The molecule has 0 amide bonds. The van der Waals surface area contributed by atoms with Crippen molar-refractivity contribution in [2.45, 2.75) is 25.9 Å². The molecule has 3 aromatic rings. The van der Waals surface area contributed by atoms with Crippen LogP contribution in [0.25, 0.3) is 11.0 Å². The lowest BCUT2D eigenvalue weighted by Gasteiger charge is -2.37. The van der Waals surface area contributed by atoms with Gasteiger partial charge in [-0.25, -0.2) is 4.98 Å². The van der Waals surface area contributed by atoms with E-state index in [2.05, 4.69) is 39.0 Å². The normalized spacial score (nSPS) is 17.2. The van der Waals surface area contributed by atoms with Gasteiger partial charge in [-0.1, -0.05) is 37.3 Å². The Balaban J connectivity index is 1.83. The van der Waals surface area contributed by atoms with Crippen molar-refractivity contribution in [2.24, 2.45) is 0 Å². The number of piperazine rings is 1. The van der Waals surface area contributed by atoms with Gasteiger partial charge in [0.2, 0.25) is 5.95 Å². The number of aromatic amines is 1. The van der Waals surface area contributed by atoms with Gasteiger partial charge in [0.05, 0.1) is 12.6 Å². The number of benzene rings is 1. The third kappa shape index (κ3) is 3.45. The maximum absolute atomic E-state index is 14.2. The molecule has 1 aromatic carbocycles. The van der Waals surface area contributed by atoms with Crippen LogP contribution in [0, 0.1) is 5.95 Å². The molecule has 0 spiro atoms. The fourth-order valence-electron chi connectivity index (χ4n) is 3.90. The van der Waals surface area contributed by atoms with E-state index in [4.69, 9.17) is 0 Å². The Labute approximate surface area is 162 Å². The zero-order valence-corrected chi connectivity index (χ0v) is 16.2. The highest BCUT2D eigenvalue weighted by atomic mass is 19.1. The summed E-state index contributed by atoms with van der Waals surface area (Å²) in [5, 5.41) is 6.10. The Hall–Kier alpha value is -2.58. The third-order valence-corrected chi connectivity index (χ3v) is 5.51. The lowest BCUT2D eigenvalue weighted by Crippen LogP contribution is -2.47. The van der Waals surface area contributed by atoms with Crippen molar-refractivity contribution in [3.63, 3.8) is 0 Å². The molecule has 0 radical (unpaired) electrons. The number of nitrogens with zero attached hydrogens (tertiary/aromatic N) is 5. The largest absolute Gasteiger partial charge is 0.304 e. The van der Waals surface area contributed by atoms with E-state index < -0.39 is 5.95 Å². The van der Waals surface area contributed by atoms with Gasteiger partial charge in [-0.15, -0.1) is 0 Å². The zero-order chi connectivity index (χ0) is 19.7. The van der Waals surface area contributed by atoms with Gasteiger partial charge in [0, 0.05) is 26.2 Å². The van der Waals surface area contributed by atoms with E-state index in [9.17, 15) is 9.18 Å². The molecule has 2 aromatic heterocycles. The van der Waals surface area contributed by atoms with Crippen LogP contribution in [0.2, 0.25) is 0 Å². The van der Waals surface area contributed by atoms with Gasteiger partial charge < -0.3 is 4.90 Å². The van der Waals surface area contributed by atoms with Crippen LogP contribution in [0.4, 0.5) is 4.39 Å². The van der Waals surface area contributed by atoms with Crippen molar-refractivity contribution in [3.8, 4) is 0 Å². The number of H-pyrrole nitrogens is 1. The second-order valence-corrected chi connectivity index (χ2v) is 7.35. The Morgan fingerprint density at radius 2 is 1.89 bits per heavy atom. The van der Waals surface area contributed by atoms with Gasteiger partial charge in [0.1, 0.15) is 11.2 Å². The van der Waals surface area contributed by atoms with E-state index in [1.54, 1.807) is 4.57 Å². The number of likely N-dealkylation sites (N-methyl/N-ethyl adjacent to an activating group) is 1. The maximum atomic E-state index is 14.2. The first-order valence-electron chi connectivity index (χ1n) is 9.69. The molecule has 148 valence electrons. The number of rotatable bonds is 5. The molecule has 1 atom stereocenters. The van der Waals surface area contributed by atoms with Crippen molar-refractivity contribution in [3.05, 3.63) is 58.0 Å². The molecule has 1 saturated heterocycles. The van der Waals surface area contributed by atoms with Crippen LogP contribution in [-0.4, -0.2) is 62.8 Å². The Bertz CT molecular complexity index is 1010. The molecule has 1 unspecified atom stereocenters. The summed E-state index contributed by atoms with van der Waals surface area (Å²) in [6, 6.07) is 9.70. The Kier molecular flexibility index (Phi) is 5.23. The summed E-state index contributed by atoms with van der Waals surface area (Å²) in [6.45, 7) is 6.20. The molecule has 0 bridgehead atoms. The van der Waals surface area contributed by atoms with Crippen molar-refractivity contribution >= 4 is 11.0 Å². The smallest absolute Gasteiger partial charge is 0.268 e. The highest BCUT2D eigenvalue weighted by molar-refractivity contribution is 5.73. The van der Waals surface area contributed by atoms with Crippen molar-refractivity contribution < 1.29 is 4.39 Å². The fraction of sp³-hybridized carbons (Fsp3) is 0.450. The molecule has 1 N–H and O–H groups in total. The standard InChI is InChI=1S/C20H25FN6O/c1-3-15(26-11-9-25(2)10-12-26)19-22-18-16(17(21)23-24-18)20(28)27(19)13-14-7-5-4-6-8-14/h4-8,15H,3,9-13H2,1-2H3,(H,23,24). The van der Waals surface area contributed by atoms with Crippen molar-refractivity contribution in [1.82, 2.24) is 29.5 Å². The molecule has 28 heavy (non-hydrogen) atoms. The molecule has 0 saturated carbocycles. The van der Waals surface area contributed by atoms with Crippen molar-refractivity contribution in [2.75, 3.05) is 33.2 Å². The lowest BCUT2D eigenvalue weighted by molar-refractivity contribution is 0.103. The number of hydrogen-bond acceptors (Lipinski definition) is 5. The molecule has 3 heterocycles. The Morgan fingerprint density at radius 1 is 1.18 bits per heavy atom. The van der Waals surface area contributed by atoms with Crippen LogP contribution in [-0.2, 0) is 6.54 Å². The average molecular weight is 384 g/mol. The molecular weight excluding hydrogens is 359 g/mol. The second-order valence-electron chi connectivity index (χ2n) is 7.35. The molecule has 8 heteroatoms. The SMILES string of the molecule is CCC(c1nc2n[nH]c(F)c2c(=O)n1Cc1ccccc1)N1CCN(C)CC1. The molecule has 4 rings (SSSR count). The maximum Gasteiger partial charge on any atom is 0.268 e. The third-order valence-electron chi connectivity index (χ3n) is 5.51. The highest BCUT2D eigenvalue weighted by Gasteiger charge is 2.28. The predicted molar refractivity (Wildman–Crippen MR) is 106 cm³/mol. The van der Waals surface area contributed by atoms with Crippen LogP contribution < -0.4 is 5.56 Å². The molecule has 1 aliphatic rings. The molecule has 1 fully saturated rings. The quantitative estimate of drug-likeness (QED) is 0.729. The number of halogens is 1. The van der Waals surface area contributed by atoms with Crippen LogP contribution in [0.3, 0.4) is 0 Å². The number of nitrogens with one attached hydrogen (secondary N) is 1. The van der Waals surface area contributed by atoms with Gasteiger partial charge in [-0.2, -0.15) is 9.49 Å². The van der Waals surface area contributed by atoms with E-state index in [0.717, 1.165) is 38.2 Å². The van der Waals surface area contributed by atoms with Crippen LogP contribution in [0.1, 0.15) is 30.8 Å². The van der Waals surface area contributed by atoms with E-state index >= 15 is 0 Å².